The van der Waals surface area contributed by atoms with Crippen LogP contribution in [0.15, 0.2) is 72.8 Å². The number of benzene rings is 3. The van der Waals surface area contributed by atoms with Crippen molar-refractivity contribution in [3.63, 3.8) is 0 Å². The minimum atomic E-state index is -3.85. The zero-order valence-electron chi connectivity index (χ0n) is 23.7. The molecule has 0 heterocycles. The van der Waals surface area contributed by atoms with Crippen molar-refractivity contribution >= 4 is 27.5 Å². The summed E-state index contributed by atoms with van der Waals surface area (Å²) < 4.78 is 40.5. The minimum Gasteiger partial charge on any atom is -0.354 e. The van der Waals surface area contributed by atoms with Gasteiger partial charge in [0.1, 0.15) is 18.4 Å². The van der Waals surface area contributed by atoms with Crippen LogP contribution in [0.4, 0.5) is 10.1 Å². The van der Waals surface area contributed by atoms with Gasteiger partial charge in [0, 0.05) is 19.5 Å². The Kier molecular flexibility index (Phi) is 10.5. The van der Waals surface area contributed by atoms with Crippen molar-refractivity contribution in [1.29, 1.82) is 0 Å². The first-order valence-electron chi connectivity index (χ1n) is 13.3. The second-order valence-corrected chi connectivity index (χ2v) is 12.4. The van der Waals surface area contributed by atoms with Crippen LogP contribution in [0.3, 0.4) is 0 Å². The monoisotopic (exact) mass is 567 g/mol. The van der Waals surface area contributed by atoms with E-state index in [1.165, 1.54) is 17.0 Å². The van der Waals surface area contributed by atoms with E-state index in [1.54, 1.807) is 30.3 Å². The van der Waals surface area contributed by atoms with Crippen molar-refractivity contribution in [1.82, 2.24) is 10.2 Å². The van der Waals surface area contributed by atoms with Crippen LogP contribution in [0.5, 0.6) is 0 Å². The molecular weight excluding hydrogens is 529 g/mol. The van der Waals surface area contributed by atoms with Gasteiger partial charge in [0.05, 0.1) is 11.9 Å². The topological polar surface area (TPSA) is 86.8 Å². The van der Waals surface area contributed by atoms with Crippen molar-refractivity contribution < 1.29 is 22.4 Å². The highest BCUT2D eigenvalue weighted by atomic mass is 32.2. The largest absolute Gasteiger partial charge is 0.354 e. The first kappa shape index (κ1) is 30.8. The van der Waals surface area contributed by atoms with Gasteiger partial charge in [0.25, 0.3) is 0 Å². The fraction of sp³-hybridized carbons (Fsp3) is 0.355. The summed E-state index contributed by atoms with van der Waals surface area (Å²) in [5.41, 5.74) is 3.70. The summed E-state index contributed by atoms with van der Waals surface area (Å²) in [7, 11) is -3.85. The predicted molar refractivity (Wildman–Crippen MR) is 157 cm³/mol. The summed E-state index contributed by atoms with van der Waals surface area (Å²) >= 11 is 0. The Hall–Kier alpha value is -3.72. The Bertz CT molecular complexity index is 1410. The highest BCUT2D eigenvalue weighted by Crippen LogP contribution is 2.23. The molecule has 0 radical (unpaired) electrons. The Morgan fingerprint density at radius 2 is 1.55 bits per heavy atom. The standard InChI is InChI=1S/C31H38FN3O4S/c1-22(2)19-33-31(37)29(18-25-9-7-6-8-10-25)34(20-26-12-14-27(32)15-13-26)30(36)21-35(40(5,38)39)28-16-11-23(3)24(4)17-28/h6-17,22,29H,18-21H2,1-5H3,(H,33,37)/t29-/m0/s1. The molecule has 2 amide bonds. The molecule has 0 bridgehead atoms. The first-order chi connectivity index (χ1) is 18.8. The maximum Gasteiger partial charge on any atom is 0.244 e. The normalized spacial score (nSPS) is 12.2. The van der Waals surface area contributed by atoms with Gasteiger partial charge in [-0.1, -0.05) is 62.4 Å². The van der Waals surface area contributed by atoms with Crippen LogP contribution < -0.4 is 9.62 Å². The number of sulfonamides is 1. The summed E-state index contributed by atoms with van der Waals surface area (Å²) in [5, 5.41) is 2.94. The summed E-state index contributed by atoms with van der Waals surface area (Å²) in [4.78, 5) is 29.0. The molecule has 3 aromatic rings. The van der Waals surface area contributed by atoms with E-state index < -0.39 is 34.3 Å². The van der Waals surface area contributed by atoms with Crippen LogP contribution in [-0.4, -0.2) is 50.5 Å². The molecule has 0 aliphatic heterocycles. The van der Waals surface area contributed by atoms with E-state index in [2.05, 4.69) is 5.32 Å². The highest BCUT2D eigenvalue weighted by Gasteiger charge is 2.33. The smallest absolute Gasteiger partial charge is 0.244 e. The molecule has 7 nitrogen and oxygen atoms in total. The number of amides is 2. The molecule has 1 N–H and O–H groups in total. The van der Waals surface area contributed by atoms with E-state index in [1.807, 2.05) is 58.0 Å². The van der Waals surface area contributed by atoms with Gasteiger partial charge in [0.15, 0.2) is 0 Å². The number of rotatable bonds is 12. The number of carbonyl (C=O) groups is 2. The number of nitrogens with one attached hydrogen (secondary N) is 1. The van der Waals surface area contributed by atoms with E-state index in [4.69, 9.17) is 0 Å². The van der Waals surface area contributed by atoms with Crippen LogP contribution in [0, 0.1) is 25.6 Å². The van der Waals surface area contributed by atoms with Crippen LogP contribution in [-0.2, 0) is 32.6 Å². The third-order valence-corrected chi connectivity index (χ3v) is 7.82. The second kappa shape index (κ2) is 13.6. The molecular formula is C31H38FN3O4S. The lowest BCUT2D eigenvalue weighted by Crippen LogP contribution is -2.53. The molecule has 3 rings (SSSR count). The van der Waals surface area contributed by atoms with E-state index in [0.717, 1.165) is 27.3 Å². The third kappa shape index (κ3) is 8.64. The molecule has 9 heteroatoms. The van der Waals surface area contributed by atoms with Crippen molar-refractivity contribution in [3.8, 4) is 0 Å². The van der Waals surface area contributed by atoms with Crippen molar-refractivity contribution in [2.75, 3.05) is 23.7 Å². The molecule has 0 fully saturated rings. The van der Waals surface area contributed by atoms with Crippen molar-refractivity contribution in [2.24, 2.45) is 5.92 Å². The van der Waals surface area contributed by atoms with Crippen molar-refractivity contribution in [2.45, 2.75) is 46.7 Å². The van der Waals surface area contributed by atoms with Crippen LogP contribution in [0.2, 0.25) is 0 Å². The molecule has 1 atom stereocenters. The Labute approximate surface area is 237 Å². The summed E-state index contributed by atoms with van der Waals surface area (Å²) in [6, 6.07) is 19.3. The van der Waals surface area contributed by atoms with E-state index in [9.17, 15) is 22.4 Å². The average molecular weight is 568 g/mol. The molecule has 0 aliphatic rings. The average Bonchev–Trinajstić information content (AvgIpc) is 2.90. The van der Waals surface area contributed by atoms with Gasteiger partial charge >= 0.3 is 0 Å². The molecule has 0 aliphatic carbocycles. The summed E-state index contributed by atoms with van der Waals surface area (Å²) in [6.45, 7) is 7.66. The van der Waals surface area contributed by atoms with E-state index in [-0.39, 0.29) is 24.8 Å². The first-order valence-corrected chi connectivity index (χ1v) is 15.1. The predicted octanol–water partition coefficient (Wildman–Crippen LogP) is 4.62. The quantitative estimate of drug-likeness (QED) is 0.346. The van der Waals surface area contributed by atoms with Crippen LogP contribution in [0.25, 0.3) is 0 Å². The SMILES string of the molecule is Cc1ccc(N(CC(=O)N(Cc2ccc(F)cc2)[C@@H](Cc2ccccc2)C(=O)NCC(C)C)S(C)(=O)=O)cc1C. The van der Waals surface area contributed by atoms with Gasteiger partial charge in [-0.2, -0.15) is 0 Å². The number of aryl methyl sites for hydroxylation is 2. The minimum absolute atomic E-state index is 0.00373. The Balaban J connectivity index is 2.05. The zero-order chi connectivity index (χ0) is 29.4. The maximum atomic E-state index is 14.0. The number of hydrogen-bond donors (Lipinski definition) is 1. The van der Waals surface area contributed by atoms with Gasteiger partial charge in [-0.3, -0.25) is 13.9 Å². The van der Waals surface area contributed by atoms with Gasteiger partial charge in [-0.15, -0.1) is 0 Å². The fourth-order valence-electron chi connectivity index (χ4n) is 4.26. The second-order valence-electron chi connectivity index (χ2n) is 10.5. The molecule has 0 spiro atoms. The van der Waals surface area contributed by atoms with E-state index in [0.29, 0.717) is 17.8 Å². The van der Waals surface area contributed by atoms with Crippen molar-refractivity contribution in [3.05, 3.63) is 101 Å². The van der Waals surface area contributed by atoms with Gasteiger partial charge in [0.2, 0.25) is 21.8 Å². The Morgan fingerprint density at radius 3 is 2.12 bits per heavy atom. The van der Waals surface area contributed by atoms with Gasteiger partial charge < -0.3 is 10.2 Å². The molecule has 0 unspecified atom stereocenters. The number of hydrogen-bond acceptors (Lipinski definition) is 4. The molecule has 214 valence electrons. The fourth-order valence-corrected chi connectivity index (χ4v) is 5.10. The van der Waals surface area contributed by atoms with E-state index >= 15 is 0 Å². The lowest BCUT2D eigenvalue weighted by atomic mass is 10.0. The zero-order valence-corrected chi connectivity index (χ0v) is 24.5. The van der Waals surface area contributed by atoms with Gasteiger partial charge in [-0.05, 0) is 66.3 Å². The summed E-state index contributed by atoms with van der Waals surface area (Å²) in [5.74, 6) is -1.12. The van der Waals surface area contributed by atoms with Crippen LogP contribution >= 0.6 is 0 Å². The summed E-state index contributed by atoms with van der Waals surface area (Å²) in [6.07, 6.45) is 1.27. The molecule has 0 saturated carbocycles. The lowest BCUT2D eigenvalue weighted by Gasteiger charge is -2.33. The Morgan fingerprint density at radius 1 is 0.900 bits per heavy atom. The number of halogens is 1. The molecule has 0 aromatic heterocycles. The number of anilines is 1. The maximum absolute atomic E-state index is 14.0. The lowest BCUT2D eigenvalue weighted by molar-refractivity contribution is -0.140. The van der Waals surface area contributed by atoms with Crippen LogP contribution in [0.1, 0.15) is 36.1 Å². The molecule has 0 saturated heterocycles. The molecule has 3 aromatic carbocycles. The number of nitrogens with zero attached hydrogens (tertiary/aromatic N) is 2. The number of carbonyl (C=O) groups excluding carboxylic acids is 2. The third-order valence-electron chi connectivity index (χ3n) is 6.68. The van der Waals surface area contributed by atoms with Gasteiger partial charge in [-0.25, -0.2) is 12.8 Å². The molecule has 40 heavy (non-hydrogen) atoms. The highest BCUT2D eigenvalue weighted by molar-refractivity contribution is 7.92.